The number of allylic oxidation sites excluding steroid dienone is 1. The van der Waals surface area contributed by atoms with Crippen LogP contribution in [0.25, 0.3) is 0 Å². The van der Waals surface area contributed by atoms with Gasteiger partial charge in [-0.15, -0.1) is 11.8 Å². The Labute approximate surface area is 81.3 Å². The van der Waals surface area contributed by atoms with Gasteiger partial charge in [0.25, 0.3) is 0 Å². The highest BCUT2D eigenvalue weighted by molar-refractivity contribution is 8.04. The zero-order chi connectivity index (χ0) is 9.26. The molecule has 1 saturated heterocycles. The number of hydrogen-bond donors (Lipinski definition) is 0. The van der Waals surface area contributed by atoms with Crippen LogP contribution < -0.4 is 0 Å². The minimum Gasteiger partial charge on any atom is -0.468 e. The molecule has 4 heteroatoms. The number of methoxy groups -OCH3 is 1. The van der Waals surface area contributed by atoms with Gasteiger partial charge in [0.1, 0.15) is 5.25 Å². The van der Waals surface area contributed by atoms with Gasteiger partial charge in [-0.1, -0.05) is 0 Å². The van der Waals surface area contributed by atoms with Gasteiger partial charge < -0.3 is 4.74 Å². The number of fused-ring (bicyclic) bond motifs is 1. The van der Waals surface area contributed by atoms with E-state index in [-0.39, 0.29) is 11.2 Å². The Balaban J connectivity index is 2.06. The van der Waals surface area contributed by atoms with Crippen LogP contribution in [0.15, 0.2) is 16.0 Å². The number of nitrogens with zero attached hydrogens (tertiary/aromatic N) is 1. The molecule has 0 saturated carbocycles. The maximum absolute atomic E-state index is 11.2. The fraction of sp³-hybridized carbons (Fsp3) is 0.556. The molecule has 2 aliphatic heterocycles. The summed E-state index contributed by atoms with van der Waals surface area (Å²) >= 11 is 1.62. The normalized spacial score (nSPS) is 31.0. The van der Waals surface area contributed by atoms with Crippen LogP contribution in [0.5, 0.6) is 0 Å². The van der Waals surface area contributed by atoms with Gasteiger partial charge in [0, 0.05) is 18.7 Å². The number of carbonyl (C=O) groups is 1. The molecule has 0 bridgehead atoms. The molecule has 2 unspecified atom stereocenters. The topological polar surface area (TPSA) is 38.7 Å². The minimum atomic E-state index is -0.111. The molecular formula is C9H11NO2S. The molecule has 70 valence electrons. The Hall–Kier alpha value is -0.770. The summed E-state index contributed by atoms with van der Waals surface area (Å²) in [5, 5.41) is -0.0112. The van der Waals surface area contributed by atoms with Crippen molar-refractivity contribution in [2.75, 3.05) is 13.7 Å². The first-order chi connectivity index (χ1) is 6.31. The molecule has 1 fully saturated rings. The van der Waals surface area contributed by atoms with Crippen molar-refractivity contribution in [3.05, 3.63) is 11.0 Å². The number of hydrogen-bond acceptors (Lipinski definition) is 4. The van der Waals surface area contributed by atoms with Gasteiger partial charge in [-0.3, -0.25) is 9.79 Å². The number of esters is 1. The summed E-state index contributed by atoms with van der Waals surface area (Å²) in [6.07, 6.45) is 4.70. The van der Waals surface area contributed by atoms with E-state index in [1.54, 1.807) is 11.8 Å². The van der Waals surface area contributed by atoms with Crippen molar-refractivity contribution in [3.63, 3.8) is 0 Å². The monoisotopic (exact) mass is 197 g/mol. The predicted molar refractivity (Wildman–Crippen MR) is 52.9 cm³/mol. The standard InChI is InChI=1S/C9H11NO2S/c1-12-9(11)8-4-6-5-10-3-2-7(6)13-8/h2-3,6,8H,4-5H2,1H3. The lowest BCUT2D eigenvalue weighted by molar-refractivity contribution is -0.140. The Bertz CT molecular complexity index is 285. The summed E-state index contributed by atoms with van der Waals surface area (Å²) < 4.78 is 4.71. The molecule has 0 radical (unpaired) electrons. The molecule has 0 spiro atoms. The summed E-state index contributed by atoms with van der Waals surface area (Å²) in [5.74, 6) is 0.347. The summed E-state index contributed by atoms with van der Waals surface area (Å²) in [7, 11) is 1.44. The van der Waals surface area contributed by atoms with Crippen molar-refractivity contribution in [2.24, 2.45) is 10.9 Å². The lowest BCUT2D eigenvalue weighted by Crippen LogP contribution is -2.17. The second kappa shape index (κ2) is 3.54. The minimum absolute atomic E-state index is 0.0112. The lowest BCUT2D eigenvalue weighted by atomic mass is 10.0. The molecule has 0 aliphatic carbocycles. The Morgan fingerprint density at radius 3 is 3.31 bits per heavy atom. The average molecular weight is 197 g/mol. The van der Waals surface area contributed by atoms with Crippen molar-refractivity contribution in [3.8, 4) is 0 Å². The highest BCUT2D eigenvalue weighted by Crippen LogP contribution is 2.43. The van der Waals surface area contributed by atoms with Gasteiger partial charge >= 0.3 is 5.97 Å². The van der Waals surface area contributed by atoms with E-state index < -0.39 is 0 Å². The average Bonchev–Trinajstić information content (AvgIpc) is 2.59. The molecule has 2 heterocycles. The maximum Gasteiger partial charge on any atom is 0.319 e. The first-order valence-electron chi connectivity index (χ1n) is 4.25. The van der Waals surface area contributed by atoms with Gasteiger partial charge in [0.15, 0.2) is 0 Å². The molecule has 0 aromatic carbocycles. The summed E-state index contributed by atoms with van der Waals surface area (Å²) in [6.45, 7) is 0.826. The fourth-order valence-electron chi connectivity index (χ4n) is 1.61. The number of dihydropyridines is 1. The van der Waals surface area contributed by atoms with Crippen LogP contribution in [0.3, 0.4) is 0 Å². The molecule has 2 rings (SSSR count). The fourth-order valence-corrected chi connectivity index (χ4v) is 2.97. The highest BCUT2D eigenvalue weighted by Gasteiger charge is 2.35. The summed E-state index contributed by atoms with van der Waals surface area (Å²) in [5.41, 5.74) is 0. The maximum atomic E-state index is 11.2. The number of thioether (sulfide) groups is 1. The van der Waals surface area contributed by atoms with Gasteiger partial charge in [-0.25, -0.2) is 0 Å². The van der Waals surface area contributed by atoms with E-state index in [1.807, 2.05) is 12.3 Å². The smallest absolute Gasteiger partial charge is 0.319 e. The van der Waals surface area contributed by atoms with E-state index >= 15 is 0 Å². The van der Waals surface area contributed by atoms with Crippen LogP contribution in [0.2, 0.25) is 0 Å². The molecule has 3 nitrogen and oxygen atoms in total. The van der Waals surface area contributed by atoms with Crippen molar-refractivity contribution in [1.29, 1.82) is 0 Å². The van der Waals surface area contributed by atoms with E-state index in [2.05, 4.69) is 4.99 Å². The molecular weight excluding hydrogens is 186 g/mol. The molecule has 0 N–H and O–H groups in total. The number of ether oxygens (including phenoxy) is 1. The second-order valence-electron chi connectivity index (χ2n) is 3.15. The first-order valence-corrected chi connectivity index (χ1v) is 5.13. The van der Waals surface area contributed by atoms with Gasteiger partial charge in [-0.2, -0.15) is 0 Å². The Morgan fingerprint density at radius 2 is 2.62 bits per heavy atom. The van der Waals surface area contributed by atoms with Crippen molar-refractivity contribution < 1.29 is 9.53 Å². The van der Waals surface area contributed by atoms with E-state index in [0.717, 1.165) is 13.0 Å². The van der Waals surface area contributed by atoms with Crippen LogP contribution in [0, 0.1) is 5.92 Å². The zero-order valence-electron chi connectivity index (χ0n) is 7.40. The quantitative estimate of drug-likeness (QED) is 0.594. The Morgan fingerprint density at radius 1 is 1.77 bits per heavy atom. The van der Waals surface area contributed by atoms with E-state index in [4.69, 9.17) is 4.74 Å². The zero-order valence-corrected chi connectivity index (χ0v) is 8.21. The van der Waals surface area contributed by atoms with Gasteiger partial charge in [-0.05, 0) is 17.4 Å². The van der Waals surface area contributed by atoms with Gasteiger partial charge in [0.2, 0.25) is 0 Å². The molecule has 0 aromatic heterocycles. The number of rotatable bonds is 1. The number of carbonyl (C=O) groups excluding carboxylic acids is 1. The van der Waals surface area contributed by atoms with E-state index in [9.17, 15) is 4.79 Å². The second-order valence-corrected chi connectivity index (χ2v) is 4.42. The van der Waals surface area contributed by atoms with Crippen LogP contribution in [-0.2, 0) is 9.53 Å². The molecule has 2 aliphatic rings. The lowest BCUT2D eigenvalue weighted by Gasteiger charge is -2.09. The number of aliphatic imine (C=N–C) groups is 1. The van der Waals surface area contributed by atoms with Crippen LogP contribution in [0.4, 0.5) is 0 Å². The van der Waals surface area contributed by atoms with Crippen LogP contribution in [0.1, 0.15) is 6.42 Å². The SMILES string of the molecule is COC(=O)C1CC2CN=CC=C2S1. The third-order valence-electron chi connectivity index (χ3n) is 2.31. The van der Waals surface area contributed by atoms with Gasteiger partial charge in [0.05, 0.1) is 7.11 Å². The van der Waals surface area contributed by atoms with Crippen molar-refractivity contribution in [2.45, 2.75) is 11.7 Å². The first kappa shape index (κ1) is 8.81. The molecule has 0 aromatic rings. The summed E-state index contributed by atoms with van der Waals surface area (Å²) in [6, 6.07) is 0. The molecule has 0 amide bonds. The summed E-state index contributed by atoms with van der Waals surface area (Å²) in [4.78, 5) is 16.7. The highest BCUT2D eigenvalue weighted by atomic mass is 32.2. The van der Waals surface area contributed by atoms with E-state index in [0.29, 0.717) is 5.92 Å². The van der Waals surface area contributed by atoms with Crippen molar-refractivity contribution >= 4 is 23.9 Å². The van der Waals surface area contributed by atoms with E-state index in [1.165, 1.54) is 12.0 Å². The molecule has 13 heavy (non-hydrogen) atoms. The van der Waals surface area contributed by atoms with Crippen LogP contribution >= 0.6 is 11.8 Å². The molecule has 2 atom stereocenters. The third kappa shape index (κ3) is 1.63. The Kier molecular flexibility index (Phi) is 2.40. The largest absolute Gasteiger partial charge is 0.468 e. The predicted octanol–water partition coefficient (Wildman–Crippen LogP) is 1.25. The van der Waals surface area contributed by atoms with Crippen LogP contribution in [-0.4, -0.2) is 31.1 Å². The van der Waals surface area contributed by atoms with Crippen molar-refractivity contribution in [1.82, 2.24) is 0 Å². The third-order valence-corrected chi connectivity index (χ3v) is 3.72.